The van der Waals surface area contributed by atoms with Crippen LogP contribution in [0.25, 0.3) is 0 Å². The summed E-state index contributed by atoms with van der Waals surface area (Å²) < 4.78 is 12.3. The van der Waals surface area contributed by atoms with Gasteiger partial charge >= 0.3 is 5.82 Å². The smallest absolute Gasteiger partial charge is 0.390 e. The lowest BCUT2D eigenvalue weighted by atomic mass is 10.2. The molecule has 0 saturated carbocycles. The summed E-state index contributed by atoms with van der Waals surface area (Å²) >= 11 is 0. The van der Waals surface area contributed by atoms with Crippen LogP contribution in [0.2, 0.25) is 0 Å². The topological polar surface area (TPSA) is 109 Å². The summed E-state index contributed by atoms with van der Waals surface area (Å²) in [6.45, 7) is 1.14. The van der Waals surface area contributed by atoms with Gasteiger partial charge in [0.1, 0.15) is 13.2 Å². The van der Waals surface area contributed by atoms with Gasteiger partial charge in [0.15, 0.2) is 17.2 Å². The van der Waals surface area contributed by atoms with Crippen LogP contribution >= 0.6 is 0 Å². The summed E-state index contributed by atoms with van der Waals surface area (Å²) in [5.41, 5.74) is 1.45. The van der Waals surface area contributed by atoms with E-state index in [4.69, 9.17) is 9.47 Å². The normalized spacial score (nSPS) is 12.4. The zero-order valence-corrected chi connectivity index (χ0v) is 14.7. The summed E-state index contributed by atoms with van der Waals surface area (Å²) in [6.07, 6.45) is 0. The van der Waals surface area contributed by atoms with Crippen LogP contribution in [0.3, 0.4) is 0 Å². The SMILES string of the molecule is O=C(Nc1ccc2c(c1)OCCO2)c1cc([N+](=O)[O-])nn1Cc1ccccc1. The van der Waals surface area contributed by atoms with Gasteiger partial charge in [-0.2, -0.15) is 4.68 Å². The van der Waals surface area contributed by atoms with E-state index in [9.17, 15) is 14.9 Å². The van der Waals surface area contributed by atoms with Gasteiger partial charge in [-0.3, -0.25) is 4.79 Å². The second-order valence-electron chi connectivity index (χ2n) is 6.10. The van der Waals surface area contributed by atoms with Crippen molar-refractivity contribution < 1.29 is 19.2 Å². The highest BCUT2D eigenvalue weighted by molar-refractivity contribution is 6.03. The molecule has 1 aromatic heterocycles. The first-order valence-electron chi connectivity index (χ1n) is 8.57. The molecule has 4 rings (SSSR count). The number of nitrogens with zero attached hydrogens (tertiary/aromatic N) is 3. The minimum absolute atomic E-state index is 0.0884. The van der Waals surface area contributed by atoms with E-state index in [2.05, 4.69) is 10.4 Å². The summed E-state index contributed by atoms with van der Waals surface area (Å²) in [6, 6.07) is 15.5. The van der Waals surface area contributed by atoms with Crippen molar-refractivity contribution in [2.45, 2.75) is 6.54 Å². The third-order valence-corrected chi connectivity index (χ3v) is 4.16. The van der Waals surface area contributed by atoms with Crippen LogP contribution in [0.4, 0.5) is 11.5 Å². The third-order valence-electron chi connectivity index (χ3n) is 4.16. The predicted molar refractivity (Wildman–Crippen MR) is 99.8 cm³/mol. The third kappa shape index (κ3) is 3.63. The van der Waals surface area contributed by atoms with Gasteiger partial charge in [0, 0.05) is 11.8 Å². The van der Waals surface area contributed by atoms with E-state index in [0.29, 0.717) is 30.4 Å². The highest BCUT2D eigenvalue weighted by Gasteiger charge is 2.24. The highest BCUT2D eigenvalue weighted by atomic mass is 16.6. The van der Waals surface area contributed by atoms with E-state index < -0.39 is 10.8 Å². The minimum Gasteiger partial charge on any atom is -0.486 e. The van der Waals surface area contributed by atoms with Gasteiger partial charge in [-0.1, -0.05) is 30.3 Å². The van der Waals surface area contributed by atoms with Crippen molar-refractivity contribution in [1.82, 2.24) is 9.78 Å². The monoisotopic (exact) mass is 380 g/mol. The molecule has 0 aliphatic carbocycles. The van der Waals surface area contributed by atoms with E-state index >= 15 is 0 Å². The Morgan fingerprint density at radius 1 is 1.11 bits per heavy atom. The van der Waals surface area contributed by atoms with Crippen LogP contribution in [0, 0.1) is 10.1 Å². The van der Waals surface area contributed by atoms with Crippen LogP contribution in [-0.4, -0.2) is 33.8 Å². The van der Waals surface area contributed by atoms with Gasteiger partial charge in [-0.05, 0) is 22.6 Å². The van der Waals surface area contributed by atoms with Crippen molar-refractivity contribution in [1.29, 1.82) is 0 Å². The van der Waals surface area contributed by atoms with Crippen molar-refractivity contribution in [3.63, 3.8) is 0 Å². The number of aromatic nitrogens is 2. The Balaban J connectivity index is 1.60. The molecule has 28 heavy (non-hydrogen) atoms. The molecule has 1 amide bonds. The average Bonchev–Trinajstić information content (AvgIpc) is 3.13. The van der Waals surface area contributed by atoms with Crippen molar-refractivity contribution in [3.05, 3.63) is 76.0 Å². The van der Waals surface area contributed by atoms with Gasteiger partial charge in [0.05, 0.1) is 17.7 Å². The first-order chi connectivity index (χ1) is 13.6. The zero-order valence-electron chi connectivity index (χ0n) is 14.7. The number of rotatable bonds is 5. The molecular formula is C19H16N4O5. The fraction of sp³-hybridized carbons (Fsp3) is 0.158. The molecule has 1 N–H and O–H groups in total. The van der Waals surface area contributed by atoms with E-state index in [-0.39, 0.29) is 18.1 Å². The number of nitrogens with one attached hydrogen (secondary N) is 1. The van der Waals surface area contributed by atoms with E-state index in [0.717, 1.165) is 11.6 Å². The number of carbonyl (C=O) groups is 1. The quantitative estimate of drug-likeness (QED) is 0.539. The molecule has 9 heteroatoms. The van der Waals surface area contributed by atoms with E-state index in [1.807, 2.05) is 30.3 Å². The molecule has 0 saturated heterocycles. The van der Waals surface area contributed by atoms with Crippen LogP contribution in [0.5, 0.6) is 11.5 Å². The molecule has 2 heterocycles. The fourth-order valence-corrected chi connectivity index (χ4v) is 2.87. The number of ether oxygens (including phenoxy) is 2. The molecule has 9 nitrogen and oxygen atoms in total. The first kappa shape index (κ1) is 17.5. The number of hydrogen-bond acceptors (Lipinski definition) is 6. The Morgan fingerprint density at radius 2 is 1.86 bits per heavy atom. The molecule has 0 radical (unpaired) electrons. The second-order valence-corrected chi connectivity index (χ2v) is 6.10. The number of nitro groups is 1. The maximum atomic E-state index is 12.8. The number of anilines is 1. The molecular weight excluding hydrogens is 364 g/mol. The van der Waals surface area contributed by atoms with E-state index in [1.165, 1.54) is 4.68 Å². The molecule has 1 aliphatic heterocycles. The van der Waals surface area contributed by atoms with Crippen LogP contribution in [0.15, 0.2) is 54.6 Å². The molecule has 0 spiro atoms. The molecule has 0 fully saturated rings. The molecule has 0 atom stereocenters. The van der Waals surface area contributed by atoms with Gasteiger partial charge in [-0.15, -0.1) is 0 Å². The van der Waals surface area contributed by atoms with Crippen LogP contribution in [-0.2, 0) is 6.54 Å². The molecule has 142 valence electrons. The summed E-state index contributed by atoms with van der Waals surface area (Å²) in [5, 5.41) is 17.8. The van der Waals surface area contributed by atoms with Crippen LogP contribution < -0.4 is 14.8 Å². The second kappa shape index (κ2) is 7.39. The molecule has 0 unspecified atom stereocenters. The van der Waals surface area contributed by atoms with Crippen LogP contribution in [0.1, 0.15) is 16.1 Å². The maximum Gasteiger partial charge on any atom is 0.390 e. The van der Waals surface area contributed by atoms with Gasteiger partial charge < -0.3 is 24.9 Å². The zero-order chi connectivity index (χ0) is 19.5. The molecule has 0 bridgehead atoms. The van der Waals surface area contributed by atoms with Crippen molar-refractivity contribution in [2.75, 3.05) is 18.5 Å². The number of fused-ring (bicyclic) bond motifs is 1. The van der Waals surface area contributed by atoms with E-state index in [1.54, 1.807) is 18.2 Å². The van der Waals surface area contributed by atoms with Crippen molar-refractivity contribution in [3.8, 4) is 11.5 Å². The number of hydrogen-bond donors (Lipinski definition) is 1. The largest absolute Gasteiger partial charge is 0.486 e. The lowest BCUT2D eigenvalue weighted by Crippen LogP contribution is -2.19. The highest BCUT2D eigenvalue weighted by Crippen LogP contribution is 2.32. The van der Waals surface area contributed by atoms with Gasteiger partial charge in [0.2, 0.25) is 0 Å². The molecule has 3 aromatic rings. The Bertz CT molecular complexity index is 1030. The lowest BCUT2D eigenvalue weighted by Gasteiger charge is -2.18. The Kier molecular flexibility index (Phi) is 4.63. The Labute approximate surface area is 159 Å². The summed E-state index contributed by atoms with van der Waals surface area (Å²) in [7, 11) is 0. The number of amides is 1. The maximum absolute atomic E-state index is 12.8. The lowest BCUT2D eigenvalue weighted by molar-refractivity contribution is -0.389. The fourth-order valence-electron chi connectivity index (χ4n) is 2.87. The summed E-state index contributed by atoms with van der Waals surface area (Å²) in [4.78, 5) is 23.3. The Morgan fingerprint density at radius 3 is 2.61 bits per heavy atom. The average molecular weight is 380 g/mol. The molecule has 1 aliphatic rings. The number of benzene rings is 2. The summed E-state index contributed by atoms with van der Waals surface area (Å²) in [5.74, 6) is 0.248. The molecule has 2 aromatic carbocycles. The standard InChI is InChI=1S/C19H16N4O5/c24-19(20-14-6-7-16-17(10-14)28-9-8-27-16)15-11-18(23(25)26)21-22(15)12-13-4-2-1-3-5-13/h1-7,10-11H,8-9,12H2,(H,20,24). The van der Waals surface area contributed by atoms with Crippen molar-refractivity contribution >= 4 is 17.4 Å². The predicted octanol–water partition coefficient (Wildman–Crippen LogP) is 2.86. The van der Waals surface area contributed by atoms with Gasteiger partial charge in [-0.25, -0.2) is 0 Å². The Hall–Kier alpha value is -3.88. The van der Waals surface area contributed by atoms with Gasteiger partial charge in [0.25, 0.3) is 5.91 Å². The van der Waals surface area contributed by atoms with Crippen molar-refractivity contribution in [2.24, 2.45) is 0 Å². The first-order valence-corrected chi connectivity index (χ1v) is 8.57. The number of carbonyl (C=O) groups excluding carboxylic acids is 1. The minimum atomic E-state index is -0.623.